The van der Waals surface area contributed by atoms with E-state index >= 15 is 0 Å². The SMILES string of the molecule is CCc1ccc(C(=O)N2CCCCC2CNS(C)(=O)=O)s1. The first-order valence-corrected chi connectivity index (χ1v) is 9.96. The summed E-state index contributed by atoms with van der Waals surface area (Å²) in [7, 11) is -3.22. The van der Waals surface area contributed by atoms with Crippen molar-refractivity contribution < 1.29 is 13.2 Å². The van der Waals surface area contributed by atoms with Gasteiger partial charge >= 0.3 is 0 Å². The lowest BCUT2D eigenvalue weighted by Gasteiger charge is -2.35. The summed E-state index contributed by atoms with van der Waals surface area (Å²) in [6.45, 7) is 3.07. The van der Waals surface area contributed by atoms with Crippen LogP contribution in [0.1, 0.15) is 40.7 Å². The van der Waals surface area contributed by atoms with Crippen molar-refractivity contribution >= 4 is 27.3 Å². The van der Waals surface area contributed by atoms with Crippen LogP contribution < -0.4 is 4.72 Å². The summed E-state index contributed by atoms with van der Waals surface area (Å²) in [5.74, 6) is 0.0275. The topological polar surface area (TPSA) is 66.5 Å². The summed E-state index contributed by atoms with van der Waals surface area (Å²) in [6.07, 6.45) is 4.93. The highest BCUT2D eigenvalue weighted by Crippen LogP contribution is 2.23. The predicted octanol–water partition coefficient (Wildman–Crippen LogP) is 1.85. The Bertz CT molecular complexity index is 595. The Kier molecular flexibility index (Phi) is 5.40. The van der Waals surface area contributed by atoms with E-state index in [-0.39, 0.29) is 11.9 Å². The van der Waals surface area contributed by atoms with Gasteiger partial charge < -0.3 is 4.90 Å². The van der Waals surface area contributed by atoms with Crippen LogP contribution in [0.15, 0.2) is 12.1 Å². The Morgan fingerprint density at radius 3 is 2.81 bits per heavy atom. The molecule has 1 unspecified atom stereocenters. The molecule has 2 rings (SSSR count). The van der Waals surface area contributed by atoms with Gasteiger partial charge in [0.1, 0.15) is 0 Å². The number of hydrogen-bond donors (Lipinski definition) is 1. The zero-order valence-corrected chi connectivity index (χ0v) is 14.1. The third kappa shape index (κ3) is 4.52. The summed E-state index contributed by atoms with van der Waals surface area (Å²) in [6, 6.07) is 3.82. The average molecular weight is 330 g/mol. The highest BCUT2D eigenvalue weighted by molar-refractivity contribution is 7.88. The molecule has 1 atom stereocenters. The largest absolute Gasteiger partial charge is 0.334 e. The lowest BCUT2D eigenvalue weighted by molar-refractivity contribution is 0.0624. The molecule has 5 nitrogen and oxygen atoms in total. The number of nitrogens with one attached hydrogen (secondary N) is 1. The normalized spacial score (nSPS) is 19.7. The van der Waals surface area contributed by atoms with Gasteiger partial charge in [-0.05, 0) is 37.8 Å². The van der Waals surface area contributed by atoms with Crippen molar-refractivity contribution in [2.75, 3.05) is 19.3 Å². The zero-order chi connectivity index (χ0) is 15.5. The highest BCUT2D eigenvalue weighted by atomic mass is 32.2. The number of thiophene rings is 1. The van der Waals surface area contributed by atoms with Crippen LogP contribution in [0.4, 0.5) is 0 Å². The molecule has 1 amide bonds. The molecule has 0 bridgehead atoms. The molecule has 1 N–H and O–H groups in total. The van der Waals surface area contributed by atoms with Crippen molar-refractivity contribution in [1.82, 2.24) is 9.62 Å². The highest BCUT2D eigenvalue weighted by Gasteiger charge is 2.28. The minimum Gasteiger partial charge on any atom is -0.334 e. The molecule has 2 heterocycles. The van der Waals surface area contributed by atoms with E-state index in [0.29, 0.717) is 13.1 Å². The smallest absolute Gasteiger partial charge is 0.264 e. The fourth-order valence-electron chi connectivity index (χ4n) is 2.55. The van der Waals surface area contributed by atoms with E-state index in [4.69, 9.17) is 0 Å². The van der Waals surface area contributed by atoms with Crippen molar-refractivity contribution in [3.05, 3.63) is 21.9 Å². The van der Waals surface area contributed by atoms with Gasteiger partial charge in [0.05, 0.1) is 11.1 Å². The second-order valence-electron chi connectivity index (χ2n) is 5.39. The summed E-state index contributed by atoms with van der Waals surface area (Å²) >= 11 is 1.53. The Morgan fingerprint density at radius 1 is 1.43 bits per heavy atom. The van der Waals surface area contributed by atoms with E-state index in [0.717, 1.165) is 36.8 Å². The van der Waals surface area contributed by atoms with E-state index in [1.807, 2.05) is 17.0 Å². The monoisotopic (exact) mass is 330 g/mol. The third-order valence-electron chi connectivity index (χ3n) is 3.69. The second kappa shape index (κ2) is 6.89. The van der Waals surface area contributed by atoms with Crippen molar-refractivity contribution in [3.8, 4) is 0 Å². The van der Waals surface area contributed by atoms with E-state index in [2.05, 4.69) is 11.6 Å². The molecule has 1 aliphatic rings. The number of rotatable bonds is 5. The van der Waals surface area contributed by atoms with Gasteiger partial charge in [0, 0.05) is 24.0 Å². The van der Waals surface area contributed by atoms with Gasteiger partial charge in [0.2, 0.25) is 10.0 Å². The summed E-state index contributed by atoms with van der Waals surface area (Å²) < 4.78 is 25.0. The van der Waals surface area contributed by atoms with E-state index in [1.165, 1.54) is 16.2 Å². The van der Waals surface area contributed by atoms with Crippen molar-refractivity contribution in [1.29, 1.82) is 0 Å². The lowest BCUT2D eigenvalue weighted by atomic mass is 10.0. The van der Waals surface area contributed by atoms with Crippen LogP contribution in [0.3, 0.4) is 0 Å². The number of sulfonamides is 1. The van der Waals surface area contributed by atoms with E-state index < -0.39 is 10.0 Å². The molecule has 118 valence electrons. The Morgan fingerprint density at radius 2 is 2.19 bits per heavy atom. The Balaban J connectivity index is 2.08. The quantitative estimate of drug-likeness (QED) is 0.896. The van der Waals surface area contributed by atoms with Crippen molar-refractivity contribution in [3.63, 3.8) is 0 Å². The summed E-state index contributed by atoms with van der Waals surface area (Å²) in [4.78, 5) is 16.4. The first kappa shape index (κ1) is 16.5. The molecule has 1 fully saturated rings. The first-order chi connectivity index (χ1) is 9.90. The second-order valence-corrected chi connectivity index (χ2v) is 8.39. The van der Waals surface area contributed by atoms with Gasteiger partial charge in [-0.3, -0.25) is 4.79 Å². The molecule has 21 heavy (non-hydrogen) atoms. The molecule has 7 heteroatoms. The maximum absolute atomic E-state index is 12.6. The van der Waals surface area contributed by atoms with Gasteiger partial charge in [-0.15, -0.1) is 11.3 Å². The molecule has 1 aliphatic heterocycles. The zero-order valence-electron chi connectivity index (χ0n) is 12.5. The molecule has 1 aromatic heterocycles. The van der Waals surface area contributed by atoms with Crippen LogP contribution in [0, 0.1) is 0 Å². The van der Waals surface area contributed by atoms with Gasteiger partial charge in [0.15, 0.2) is 0 Å². The number of amides is 1. The van der Waals surface area contributed by atoms with E-state index in [1.54, 1.807) is 0 Å². The fraction of sp³-hybridized carbons (Fsp3) is 0.643. The maximum Gasteiger partial charge on any atom is 0.264 e. The molecule has 1 aromatic rings. The number of piperidine rings is 1. The van der Waals surface area contributed by atoms with Crippen molar-refractivity contribution in [2.45, 2.75) is 38.6 Å². The average Bonchev–Trinajstić information content (AvgIpc) is 2.93. The van der Waals surface area contributed by atoms with Gasteiger partial charge in [0.25, 0.3) is 5.91 Å². The third-order valence-corrected chi connectivity index (χ3v) is 5.60. The maximum atomic E-state index is 12.6. The van der Waals surface area contributed by atoms with Crippen molar-refractivity contribution in [2.24, 2.45) is 0 Å². The molecule has 0 aliphatic carbocycles. The number of aryl methyl sites for hydroxylation is 1. The van der Waals surface area contributed by atoms with Gasteiger partial charge in [-0.25, -0.2) is 13.1 Å². The minimum atomic E-state index is -3.22. The molecule has 0 radical (unpaired) electrons. The molecule has 0 saturated carbocycles. The summed E-state index contributed by atoms with van der Waals surface area (Å²) in [5, 5.41) is 0. The predicted molar refractivity (Wildman–Crippen MR) is 85.2 cm³/mol. The molecule has 0 aromatic carbocycles. The number of hydrogen-bond acceptors (Lipinski definition) is 4. The summed E-state index contributed by atoms with van der Waals surface area (Å²) in [5.41, 5.74) is 0. The fourth-order valence-corrected chi connectivity index (χ4v) is 3.95. The van der Waals surface area contributed by atoms with Crippen LogP contribution >= 0.6 is 11.3 Å². The Hall–Kier alpha value is -0.920. The van der Waals surface area contributed by atoms with Crippen LogP contribution in [-0.2, 0) is 16.4 Å². The minimum absolute atomic E-state index is 0.0275. The number of nitrogens with zero attached hydrogens (tertiary/aromatic N) is 1. The van der Waals surface area contributed by atoms with Gasteiger partial charge in [-0.1, -0.05) is 6.92 Å². The molecule has 1 saturated heterocycles. The number of likely N-dealkylation sites (tertiary alicyclic amines) is 1. The first-order valence-electron chi connectivity index (χ1n) is 7.25. The number of carbonyl (C=O) groups excluding carboxylic acids is 1. The van der Waals surface area contributed by atoms with Gasteiger partial charge in [-0.2, -0.15) is 0 Å². The van der Waals surface area contributed by atoms with Crippen LogP contribution in [-0.4, -0.2) is 44.6 Å². The molecular formula is C14H22N2O3S2. The van der Waals surface area contributed by atoms with E-state index in [9.17, 15) is 13.2 Å². The molecule has 0 spiro atoms. The van der Waals surface area contributed by atoms with Crippen LogP contribution in [0.5, 0.6) is 0 Å². The molecular weight excluding hydrogens is 308 g/mol. The number of carbonyl (C=O) groups is 1. The lowest BCUT2D eigenvalue weighted by Crippen LogP contribution is -2.49. The standard InChI is InChI=1S/C14H22N2O3S2/c1-3-12-7-8-13(20-12)14(17)16-9-5-4-6-11(16)10-15-21(2,18)19/h7-8,11,15H,3-6,9-10H2,1-2H3. The Labute approximate surface area is 130 Å². The van der Waals surface area contributed by atoms with Crippen LogP contribution in [0.25, 0.3) is 0 Å². The van der Waals surface area contributed by atoms with Crippen LogP contribution in [0.2, 0.25) is 0 Å².